The van der Waals surface area contributed by atoms with Crippen LogP contribution in [0, 0.1) is 13.8 Å². The number of hydrogen-bond acceptors (Lipinski definition) is 8. The first-order valence-electron chi connectivity index (χ1n) is 9.92. The average molecular weight is 466 g/mol. The summed E-state index contributed by atoms with van der Waals surface area (Å²) in [6, 6.07) is 1.73. The molecule has 3 aromatic rings. The van der Waals surface area contributed by atoms with Crippen molar-refractivity contribution in [3.8, 4) is 0 Å². The van der Waals surface area contributed by atoms with Crippen molar-refractivity contribution in [2.75, 3.05) is 26.2 Å². The van der Waals surface area contributed by atoms with E-state index in [1.165, 1.54) is 26.5 Å². The highest BCUT2D eigenvalue weighted by molar-refractivity contribution is 7.89. The van der Waals surface area contributed by atoms with Crippen LogP contribution in [-0.2, 0) is 21.4 Å². The largest absolute Gasteiger partial charge is 0.360 e. The molecule has 1 fully saturated rings. The van der Waals surface area contributed by atoms with E-state index < -0.39 is 10.0 Å². The molecule has 10 nitrogen and oxygen atoms in total. The fourth-order valence-electron chi connectivity index (χ4n) is 3.78. The molecular formula is C19H23N5O5S2. The van der Waals surface area contributed by atoms with Crippen molar-refractivity contribution >= 4 is 37.5 Å². The van der Waals surface area contributed by atoms with Crippen molar-refractivity contribution in [2.45, 2.75) is 38.1 Å². The molecular weight excluding hydrogens is 442 g/mol. The van der Waals surface area contributed by atoms with Gasteiger partial charge >= 0.3 is 0 Å². The number of aromatic nitrogens is 3. The lowest BCUT2D eigenvalue weighted by Gasteiger charge is -2.22. The van der Waals surface area contributed by atoms with Crippen LogP contribution in [0.4, 0.5) is 0 Å². The predicted molar refractivity (Wildman–Crippen MR) is 114 cm³/mol. The molecule has 0 N–H and O–H groups in total. The highest BCUT2D eigenvalue weighted by atomic mass is 32.2. The topological polar surface area (TPSA) is 119 Å². The van der Waals surface area contributed by atoms with Crippen molar-refractivity contribution < 1.29 is 17.7 Å². The minimum Gasteiger partial charge on any atom is -0.360 e. The molecule has 4 rings (SSSR count). The van der Waals surface area contributed by atoms with Crippen LogP contribution < -0.4 is 5.56 Å². The maximum Gasteiger partial charge on any atom is 0.262 e. The van der Waals surface area contributed by atoms with Crippen molar-refractivity contribution in [1.82, 2.24) is 23.9 Å². The number of aryl methyl sites for hydroxylation is 3. The van der Waals surface area contributed by atoms with E-state index >= 15 is 0 Å². The summed E-state index contributed by atoms with van der Waals surface area (Å²) in [7, 11) is -3.74. The fraction of sp³-hybridized carbons (Fsp3) is 0.474. The smallest absolute Gasteiger partial charge is 0.262 e. The first-order chi connectivity index (χ1) is 14.8. The SMILES string of the molecule is Cc1noc(C)c1S(=O)(=O)N1CCCN(C(=O)CCn2cnc3sccc3c2=O)CC1. The van der Waals surface area contributed by atoms with Crippen molar-refractivity contribution in [3.05, 3.63) is 39.6 Å². The molecule has 1 saturated heterocycles. The van der Waals surface area contributed by atoms with Gasteiger partial charge in [0.2, 0.25) is 15.9 Å². The third-order valence-electron chi connectivity index (χ3n) is 5.39. The summed E-state index contributed by atoms with van der Waals surface area (Å²) >= 11 is 1.40. The van der Waals surface area contributed by atoms with Gasteiger partial charge in [-0.2, -0.15) is 4.31 Å². The van der Waals surface area contributed by atoms with E-state index in [4.69, 9.17) is 4.52 Å². The number of sulfonamides is 1. The Morgan fingerprint density at radius 2 is 2.03 bits per heavy atom. The number of hydrogen-bond donors (Lipinski definition) is 0. The molecule has 3 aromatic heterocycles. The normalized spacial score (nSPS) is 16.0. The van der Waals surface area contributed by atoms with Crippen LogP contribution in [0.15, 0.2) is 32.0 Å². The summed E-state index contributed by atoms with van der Waals surface area (Å²) < 4.78 is 33.9. The van der Waals surface area contributed by atoms with Crippen LogP contribution in [0.5, 0.6) is 0 Å². The van der Waals surface area contributed by atoms with E-state index in [9.17, 15) is 18.0 Å². The second kappa shape index (κ2) is 8.52. The van der Waals surface area contributed by atoms with Crippen molar-refractivity contribution in [2.24, 2.45) is 0 Å². The number of fused-ring (bicyclic) bond motifs is 1. The minimum atomic E-state index is -3.74. The highest BCUT2D eigenvalue weighted by Gasteiger charge is 2.32. The highest BCUT2D eigenvalue weighted by Crippen LogP contribution is 2.24. The van der Waals surface area contributed by atoms with Crippen LogP contribution in [0.2, 0.25) is 0 Å². The molecule has 0 radical (unpaired) electrons. The van der Waals surface area contributed by atoms with Crippen LogP contribution in [0.3, 0.4) is 0 Å². The van der Waals surface area contributed by atoms with E-state index in [2.05, 4.69) is 10.1 Å². The van der Waals surface area contributed by atoms with Gasteiger partial charge in [0.1, 0.15) is 15.4 Å². The second-order valence-electron chi connectivity index (χ2n) is 7.42. The Bertz CT molecular complexity index is 1260. The number of carbonyl (C=O) groups is 1. The van der Waals surface area contributed by atoms with Gasteiger partial charge in [-0.05, 0) is 31.7 Å². The molecule has 0 bridgehead atoms. The van der Waals surface area contributed by atoms with Gasteiger partial charge in [0.15, 0.2) is 5.76 Å². The Morgan fingerprint density at radius 3 is 2.77 bits per heavy atom. The van der Waals surface area contributed by atoms with Gasteiger partial charge in [0.25, 0.3) is 5.56 Å². The summed E-state index contributed by atoms with van der Waals surface area (Å²) in [4.78, 5) is 31.9. The predicted octanol–water partition coefficient (Wildman–Crippen LogP) is 1.38. The average Bonchev–Trinajstić information content (AvgIpc) is 3.25. The van der Waals surface area contributed by atoms with E-state index in [1.54, 1.807) is 24.8 Å². The third kappa shape index (κ3) is 4.14. The van der Waals surface area contributed by atoms with Gasteiger partial charge in [-0.3, -0.25) is 14.2 Å². The minimum absolute atomic E-state index is 0.1000. The third-order valence-corrected chi connectivity index (χ3v) is 8.35. The lowest BCUT2D eigenvalue weighted by molar-refractivity contribution is -0.131. The Balaban J connectivity index is 1.40. The van der Waals surface area contributed by atoms with E-state index in [-0.39, 0.29) is 48.2 Å². The van der Waals surface area contributed by atoms with Gasteiger partial charge < -0.3 is 9.42 Å². The first kappa shape index (κ1) is 21.7. The standard InChI is InChI=1S/C19H23N5O5S2/c1-13-17(14(2)29-21-13)31(27,28)24-7-3-6-22(9-10-24)16(25)4-8-23-12-20-18-15(19(23)26)5-11-30-18/h5,11-12H,3-4,6-10H2,1-2H3. The Labute approximate surface area is 183 Å². The fourth-order valence-corrected chi connectivity index (χ4v) is 6.27. The molecule has 0 saturated carbocycles. The number of nitrogens with zero attached hydrogens (tertiary/aromatic N) is 5. The van der Waals surface area contributed by atoms with Crippen LogP contribution in [-0.4, -0.2) is 64.4 Å². The van der Waals surface area contributed by atoms with Crippen molar-refractivity contribution in [1.29, 1.82) is 0 Å². The zero-order valence-electron chi connectivity index (χ0n) is 17.3. The Kier molecular flexibility index (Phi) is 5.95. The van der Waals surface area contributed by atoms with E-state index in [1.807, 2.05) is 5.38 Å². The van der Waals surface area contributed by atoms with Crippen LogP contribution >= 0.6 is 11.3 Å². The maximum atomic E-state index is 13.0. The lowest BCUT2D eigenvalue weighted by atomic mass is 10.3. The van der Waals surface area contributed by atoms with E-state index in [0.717, 1.165) is 0 Å². The number of thiophene rings is 1. The quantitative estimate of drug-likeness (QED) is 0.558. The molecule has 1 aliphatic heterocycles. The molecule has 0 atom stereocenters. The van der Waals surface area contributed by atoms with Crippen LogP contribution in [0.1, 0.15) is 24.3 Å². The number of rotatable bonds is 5. The van der Waals surface area contributed by atoms with Gasteiger partial charge in [-0.25, -0.2) is 13.4 Å². The van der Waals surface area contributed by atoms with Gasteiger partial charge in [-0.1, -0.05) is 5.16 Å². The molecule has 31 heavy (non-hydrogen) atoms. The number of amides is 1. The Hall–Kier alpha value is -2.57. The molecule has 1 amide bonds. The van der Waals surface area contributed by atoms with Gasteiger partial charge in [-0.15, -0.1) is 11.3 Å². The molecule has 4 heterocycles. The summed E-state index contributed by atoms with van der Waals surface area (Å²) in [5, 5.41) is 6.11. The molecule has 1 aliphatic rings. The zero-order chi connectivity index (χ0) is 22.2. The molecule has 0 spiro atoms. The molecule has 166 valence electrons. The van der Waals surface area contributed by atoms with E-state index in [0.29, 0.717) is 35.4 Å². The summed E-state index contributed by atoms with van der Waals surface area (Å²) in [5.41, 5.74) is 0.169. The van der Waals surface area contributed by atoms with Gasteiger partial charge in [0, 0.05) is 39.1 Å². The monoisotopic (exact) mass is 465 g/mol. The zero-order valence-corrected chi connectivity index (χ0v) is 18.9. The lowest BCUT2D eigenvalue weighted by Crippen LogP contribution is -2.38. The molecule has 0 aromatic carbocycles. The summed E-state index contributed by atoms with van der Waals surface area (Å²) in [5.74, 6) is 0.144. The molecule has 0 aliphatic carbocycles. The summed E-state index contributed by atoms with van der Waals surface area (Å²) in [6.07, 6.45) is 2.14. The van der Waals surface area contributed by atoms with Gasteiger partial charge in [0.05, 0.1) is 11.7 Å². The first-order valence-corrected chi connectivity index (χ1v) is 12.2. The second-order valence-corrected chi connectivity index (χ2v) is 10.2. The van der Waals surface area contributed by atoms with Crippen LogP contribution in [0.25, 0.3) is 10.2 Å². The Morgan fingerprint density at radius 1 is 1.23 bits per heavy atom. The summed E-state index contributed by atoms with van der Waals surface area (Å²) in [6.45, 7) is 4.66. The molecule has 12 heteroatoms. The van der Waals surface area contributed by atoms with Crippen molar-refractivity contribution in [3.63, 3.8) is 0 Å². The molecule has 0 unspecified atom stereocenters. The maximum absolute atomic E-state index is 13.0. The number of carbonyl (C=O) groups excluding carboxylic acids is 1.